The molecule has 0 aromatic heterocycles. The molecular formula is C8H15F3O. The largest absolute Gasteiger partial charge is 0.522 e. The summed E-state index contributed by atoms with van der Waals surface area (Å²) in [5.74, 6) is 0. The van der Waals surface area contributed by atoms with Crippen molar-refractivity contribution in [2.24, 2.45) is 0 Å². The Kier molecular flexibility index (Phi) is 5.29. The normalized spacial score (nSPS) is 14.8. The molecular weight excluding hydrogens is 169 g/mol. The summed E-state index contributed by atoms with van der Waals surface area (Å²) in [4.78, 5) is 0. The molecule has 0 fully saturated rings. The number of ether oxygens (including phenoxy) is 1. The third-order valence-electron chi connectivity index (χ3n) is 1.64. The molecule has 0 saturated heterocycles. The summed E-state index contributed by atoms with van der Waals surface area (Å²) in [6, 6.07) is 0. The highest BCUT2D eigenvalue weighted by molar-refractivity contribution is 4.55. The van der Waals surface area contributed by atoms with Crippen molar-refractivity contribution in [2.45, 2.75) is 52.0 Å². The molecule has 1 nitrogen and oxygen atoms in total. The van der Waals surface area contributed by atoms with Gasteiger partial charge in [0.05, 0.1) is 6.10 Å². The SMILES string of the molecule is CCCCC(CC)OC(F)(F)F. The first-order chi connectivity index (χ1) is 5.49. The van der Waals surface area contributed by atoms with E-state index in [1.165, 1.54) is 0 Å². The summed E-state index contributed by atoms with van der Waals surface area (Å²) in [5.41, 5.74) is 0. The van der Waals surface area contributed by atoms with E-state index in [4.69, 9.17) is 0 Å². The third kappa shape index (κ3) is 6.46. The Morgan fingerprint density at radius 2 is 1.83 bits per heavy atom. The number of unbranched alkanes of at least 4 members (excludes halogenated alkanes) is 1. The average molecular weight is 184 g/mol. The maximum absolute atomic E-state index is 11.7. The van der Waals surface area contributed by atoms with Gasteiger partial charge < -0.3 is 0 Å². The molecule has 12 heavy (non-hydrogen) atoms. The lowest BCUT2D eigenvalue weighted by atomic mass is 10.1. The maximum atomic E-state index is 11.7. The highest BCUT2D eigenvalue weighted by atomic mass is 19.4. The summed E-state index contributed by atoms with van der Waals surface area (Å²) < 4.78 is 39.0. The predicted molar refractivity (Wildman–Crippen MR) is 40.7 cm³/mol. The molecule has 0 aliphatic heterocycles. The fourth-order valence-electron chi connectivity index (χ4n) is 0.967. The average Bonchev–Trinajstić information content (AvgIpc) is 1.95. The lowest BCUT2D eigenvalue weighted by molar-refractivity contribution is -0.343. The van der Waals surface area contributed by atoms with E-state index in [1.54, 1.807) is 6.92 Å². The van der Waals surface area contributed by atoms with Gasteiger partial charge in [-0.2, -0.15) is 0 Å². The zero-order valence-electron chi connectivity index (χ0n) is 7.45. The summed E-state index contributed by atoms with van der Waals surface area (Å²) in [6.45, 7) is 3.65. The first-order valence-corrected chi connectivity index (χ1v) is 4.24. The second kappa shape index (κ2) is 5.41. The zero-order valence-corrected chi connectivity index (χ0v) is 7.45. The summed E-state index contributed by atoms with van der Waals surface area (Å²) in [7, 11) is 0. The summed E-state index contributed by atoms with van der Waals surface area (Å²) in [6.07, 6.45) is -2.54. The van der Waals surface area contributed by atoms with E-state index in [9.17, 15) is 13.2 Å². The van der Waals surface area contributed by atoms with Gasteiger partial charge in [0.25, 0.3) is 0 Å². The molecule has 0 radical (unpaired) electrons. The summed E-state index contributed by atoms with van der Waals surface area (Å²) in [5, 5.41) is 0. The van der Waals surface area contributed by atoms with Gasteiger partial charge in [0.1, 0.15) is 0 Å². The quantitative estimate of drug-likeness (QED) is 0.635. The molecule has 0 aromatic carbocycles. The Morgan fingerprint density at radius 1 is 1.25 bits per heavy atom. The van der Waals surface area contributed by atoms with Crippen molar-refractivity contribution >= 4 is 0 Å². The van der Waals surface area contributed by atoms with Gasteiger partial charge in [0.15, 0.2) is 0 Å². The molecule has 0 aromatic rings. The fourth-order valence-corrected chi connectivity index (χ4v) is 0.967. The number of halogens is 3. The van der Waals surface area contributed by atoms with E-state index in [0.717, 1.165) is 12.8 Å². The molecule has 1 unspecified atom stereocenters. The monoisotopic (exact) mass is 184 g/mol. The second-order valence-corrected chi connectivity index (χ2v) is 2.74. The van der Waals surface area contributed by atoms with Crippen molar-refractivity contribution in [1.29, 1.82) is 0 Å². The minimum atomic E-state index is -4.48. The van der Waals surface area contributed by atoms with Crippen LogP contribution in [0.15, 0.2) is 0 Å². The van der Waals surface area contributed by atoms with E-state index in [-0.39, 0.29) is 0 Å². The van der Waals surface area contributed by atoms with Crippen LogP contribution in [-0.2, 0) is 4.74 Å². The lowest BCUT2D eigenvalue weighted by Crippen LogP contribution is -2.23. The third-order valence-corrected chi connectivity index (χ3v) is 1.64. The zero-order chi connectivity index (χ0) is 9.61. The van der Waals surface area contributed by atoms with Gasteiger partial charge >= 0.3 is 6.36 Å². The lowest BCUT2D eigenvalue weighted by Gasteiger charge is -2.17. The van der Waals surface area contributed by atoms with Crippen molar-refractivity contribution in [2.75, 3.05) is 0 Å². The van der Waals surface area contributed by atoms with Crippen molar-refractivity contribution in [3.63, 3.8) is 0 Å². The van der Waals surface area contributed by atoms with Gasteiger partial charge in [0, 0.05) is 0 Å². The second-order valence-electron chi connectivity index (χ2n) is 2.74. The van der Waals surface area contributed by atoms with Crippen LogP contribution in [0.1, 0.15) is 39.5 Å². The fraction of sp³-hybridized carbons (Fsp3) is 1.00. The first kappa shape index (κ1) is 11.8. The minimum absolute atomic E-state index is 0.416. The van der Waals surface area contributed by atoms with Crippen molar-refractivity contribution < 1.29 is 17.9 Å². The first-order valence-electron chi connectivity index (χ1n) is 4.24. The molecule has 0 amide bonds. The van der Waals surface area contributed by atoms with E-state index in [1.807, 2.05) is 6.92 Å². The molecule has 0 N–H and O–H groups in total. The Labute approximate surface area is 70.9 Å². The smallest absolute Gasteiger partial charge is 0.289 e. The van der Waals surface area contributed by atoms with Crippen LogP contribution in [0, 0.1) is 0 Å². The number of hydrogen-bond acceptors (Lipinski definition) is 1. The van der Waals surface area contributed by atoms with Crippen LogP contribution in [0.4, 0.5) is 13.2 Å². The highest BCUT2D eigenvalue weighted by Gasteiger charge is 2.32. The number of hydrogen-bond donors (Lipinski definition) is 0. The molecule has 0 saturated carbocycles. The van der Waals surface area contributed by atoms with Crippen LogP contribution in [0.2, 0.25) is 0 Å². The highest BCUT2D eigenvalue weighted by Crippen LogP contribution is 2.22. The maximum Gasteiger partial charge on any atom is 0.522 e. The van der Waals surface area contributed by atoms with E-state index in [2.05, 4.69) is 4.74 Å². The van der Waals surface area contributed by atoms with Crippen LogP contribution in [-0.4, -0.2) is 12.5 Å². The van der Waals surface area contributed by atoms with Gasteiger partial charge in [-0.05, 0) is 12.8 Å². The molecule has 1 atom stereocenters. The minimum Gasteiger partial charge on any atom is -0.289 e. The van der Waals surface area contributed by atoms with Crippen LogP contribution >= 0.6 is 0 Å². The van der Waals surface area contributed by atoms with E-state index in [0.29, 0.717) is 12.8 Å². The Bertz CT molecular complexity index is 111. The predicted octanol–water partition coefficient (Wildman–Crippen LogP) is 3.49. The van der Waals surface area contributed by atoms with Gasteiger partial charge in [-0.3, -0.25) is 4.74 Å². The summed E-state index contributed by atoms with van der Waals surface area (Å²) >= 11 is 0. The van der Waals surface area contributed by atoms with Crippen LogP contribution in [0.5, 0.6) is 0 Å². The molecule has 0 bridgehead atoms. The van der Waals surface area contributed by atoms with Crippen LogP contribution in [0.3, 0.4) is 0 Å². The molecule has 0 heterocycles. The molecule has 0 aliphatic rings. The molecule has 0 aliphatic carbocycles. The van der Waals surface area contributed by atoms with Crippen molar-refractivity contribution in [1.82, 2.24) is 0 Å². The van der Waals surface area contributed by atoms with Gasteiger partial charge in [-0.25, -0.2) is 0 Å². The Hall–Kier alpha value is -0.250. The van der Waals surface area contributed by atoms with Crippen LogP contribution < -0.4 is 0 Å². The van der Waals surface area contributed by atoms with E-state index >= 15 is 0 Å². The Balaban J connectivity index is 3.67. The van der Waals surface area contributed by atoms with E-state index < -0.39 is 12.5 Å². The number of rotatable bonds is 5. The molecule has 74 valence electrons. The van der Waals surface area contributed by atoms with Crippen molar-refractivity contribution in [3.8, 4) is 0 Å². The molecule has 0 spiro atoms. The van der Waals surface area contributed by atoms with Gasteiger partial charge in [-0.15, -0.1) is 13.2 Å². The standard InChI is InChI=1S/C8H15F3O/c1-3-5-6-7(4-2)12-8(9,10)11/h7H,3-6H2,1-2H3. The van der Waals surface area contributed by atoms with Crippen molar-refractivity contribution in [3.05, 3.63) is 0 Å². The van der Waals surface area contributed by atoms with Gasteiger partial charge in [0.2, 0.25) is 0 Å². The van der Waals surface area contributed by atoms with Gasteiger partial charge in [-0.1, -0.05) is 26.7 Å². The van der Waals surface area contributed by atoms with Crippen LogP contribution in [0.25, 0.3) is 0 Å². The molecule has 4 heteroatoms. The Morgan fingerprint density at radius 3 is 2.17 bits per heavy atom. The molecule has 0 rings (SSSR count). The number of alkyl halides is 3. The topological polar surface area (TPSA) is 9.23 Å².